The number of halogens is 2. The van der Waals surface area contributed by atoms with Crippen molar-refractivity contribution in [2.75, 3.05) is 18.4 Å². The number of fused-ring (bicyclic) bond motifs is 1. The van der Waals surface area contributed by atoms with Crippen LogP contribution < -0.4 is 10.9 Å². The number of aromatic nitrogens is 3. The van der Waals surface area contributed by atoms with E-state index in [1.165, 1.54) is 17.7 Å². The van der Waals surface area contributed by atoms with Gasteiger partial charge in [-0.2, -0.15) is 5.10 Å². The van der Waals surface area contributed by atoms with Crippen LogP contribution in [-0.4, -0.2) is 44.6 Å². The van der Waals surface area contributed by atoms with Gasteiger partial charge in [0.1, 0.15) is 5.39 Å². The molecule has 2 aliphatic rings. The average Bonchev–Trinajstić information content (AvgIpc) is 3.49. The third-order valence-corrected chi connectivity index (χ3v) is 6.30. The summed E-state index contributed by atoms with van der Waals surface area (Å²) in [5, 5.41) is 8.36. The smallest absolute Gasteiger partial charge is 0.261 e. The molecular formula is C23H25F2N5O2. The fourth-order valence-electron chi connectivity index (χ4n) is 4.23. The van der Waals surface area contributed by atoms with Crippen molar-refractivity contribution in [2.45, 2.75) is 45.1 Å². The molecule has 1 aliphatic carbocycles. The number of H-pyrrole nitrogens is 1. The van der Waals surface area contributed by atoms with Crippen molar-refractivity contribution in [1.29, 1.82) is 0 Å². The van der Waals surface area contributed by atoms with Gasteiger partial charge < -0.3 is 15.2 Å². The van der Waals surface area contributed by atoms with Crippen LogP contribution in [0.2, 0.25) is 0 Å². The van der Waals surface area contributed by atoms with Crippen LogP contribution in [0.1, 0.15) is 41.6 Å². The number of likely N-dealkylation sites (tertiary alicyclic amines) is 1. The number of alkyl halides is 2. The number of hydrogen-bond acceptors (Lipinski definition) is 4. The predicted molar refractivity (Wildman–Crippen MR) is 118 cm³/mol. The Bertz CT molecular complexity index is 1230. The predicted octanol–water partition coefficient (Wildman–Crippen LogP) is 4.06. The van der Waals surface area contributed by atoms with Crippen LogP contribution >= 0.6 is 0 Å². The van der Waals surface area contributed by atoms with E-state index in [4.69, 9.17) is 0 Å². The van der Waals surface area contributed by atoms with Crippen LogP contribution in [0.15, 0.2) is 35.3 Å². The molecule has 0 spiro atoms. The van der Waals surface area contributed by atoms with Crippen LogP contribution in [0.5, 0.6) is 0 Å². The van der Waals surface area contributed by atoms with Crippen molar-refractivity contribution < 1.29 is 13.6 Å². The monoisotopic (exact) mass is 441 g/mol. The van der Waals surface area contributed by atoms with E-state index in [1.807, 2.05) is 23.7 Å². The molecular weight excluding hydrogens is 416 g/mol. The zero-order chi connectivity index (χ0) is 22.5. The summed E-state index contributed by atoms with van der Waals surface area (Å²) in [5.41, 5.74) is 2.49. The summed E-state index contributed by atoms with van der Waals surface area (Å²) in [6.07, 6.45) is 3.37. The van der Waals surface area contributed by atoms with E-state index in [1.54, 1.807) is 18.3 Å². The van der Waals surface area contributed by atoms with E-state index in [2.05, 4.69) is 15.4 Å². The molecule has 168 valence electrons. The lowest BCUT2D eigenvalue weighted by molar-refractivity contribution is -0.0494. The van der Waals surface area contributed by atoms with E-state index in [0.717, 1.165) is 17.6 Å². The van der Waals surface area contributed by atoms with Gasteiger partial charge in [-0.1, -0.05) is 0 Å². The lowest BCUT2D eigenvalue weighted by atomic mass is 10.0. The summed E-state index contributed by atoms with van der Waals surface area (Å²) in [6, 6.07) is 7.11. The molecule has 1 aromatic carbocycles. The molecule has 2 N–H and O–H groups in total. The summed E-state index contributed by atoms with van der Waals surface area (Å²) in [6.45, 7) is 2.70. The fraction of sp³-hybridized carbons (Fsp3) is 0.435. The molecule has 0 atom stereocenters. The van der Waals surface area contributed by atoms with Crippen molar-refractivity contribution >= 4 is 28.3 Å². The van der Waals surface area contributed by atoms with Crippen LogP contribution in [0, 0.1) is 12.8 Å². The zero-order valence-electron chi connectivity index (χ0n) is 17.8. The number of nitrogens with zero attached hydrogens (tertiary/aromatic N) is 3. The molecule has 3 aromatic rings. The second-order valence-corrected chi connectivity index (χ2v) is 8.84. The molecule has 1 saturated heterocycles. The third kappa shape index (κ3) is 3.99. The van der Waals surface area contributed by atoms with Gasteiger partial charge >= 0.3 is 0 Å². The number of carbonyl (C=O) groups excluding carboxylic acids is 1. The number of amides is 1. The first-order valence-electron chi connectivity index (χ1n) is 10.9. The first-order valence-corrected chi connectivity index (χ1v) is 10.9. The van der Waals surface area contributed by atoms with Crippen molar-refractivity contribution in [3.8, 4) is 0 Å². The molecule has 32 heavy (non-hydrogen) atoms. The zero-order valence-corrected chi connectivity index (χ0v) is 17.8. The number of anilines is 2. The standard InChI is InChI=1S/C23H25F2N5O2/c1-14-12-16(4-5-17(14)22(32)29-10-7-23(24,25)8-11-29)27-20-19-18(6-9-26-21(19)31)30(28-20)13-15-2-3-15/h4-6,9,12,15H,2-3,7-8,10-11,13H2,1H3,(H,26,31)(H,27,28). The van der Waals surface area contributed by atoms with Gasteiger partial charge in [-0.3, -0.25) is 14.3 Å². The summed E-state index contributed by atoms with van der Waals surface area (Å²) in [4.78, 5) is 29.5. The van der Waals surface area contributed by atoms with Crippen LogP contribution in [0.25, 0.3) is 10.9 Å². The first kappa shape index (κ1) is 20.7. The Morgan fingerprint density at radius 3 is 2.69 bits per heavy atom. The van der Waals surface area contributed by atoms with Crippen LogP contribution in [0.4, 0.5) is 20.3 Å². The van der Waals surface area contributed by atoms with E-state index in [-0.39, 0.29) is 37.4 Å². The largest absolute Gasteiger partial charge is 0.338 e. The van der Waals surface area contributed by atoms with Gasteiger partial charge in [-0.05, 0) is 55.5 Å². The van der Waals surface area contributed by atoms with Crippen molar-refractivity contribution in [3.63, 3.8) is 0 Å². The van der Waals surface area contributed by atoms with Gasteiger partial charge in [0.05, 0.1) is 5.52 Å². The second-order valence-electron chi connectivity index (χ2n) is 8.84. The Labute approximate surface area is 183 Å². The number of nitrogens with one attached hydrogen (secondary N) is 2. The number of carbonyl (C=O) groups is 1. The molecule has 3 heterocycles. The molecule has 1 saturated carbocycles. The number of aromatic amines is 1. The number of hydrogen-bond donors (Lipinski definition) is 2. The van der Waals surface area contributed by atoms with E-state index in [9.17, 15) is 18.4 Å². The van der Waals surface area contributed by atoms with Gasteiger partial charge in [0, 0.05) is 49.9 Å². The molecule has 1 aliphatic heterocycles. The Kier molecular flexibility index (Phi) is 4.98. The van der Waals surface area contributed by atoms with Crippen LogP contribution in [-0.2, 0) is 6.54 Å². The maximum atomic E-state index is 13.4. The Morgan fingerprint density at radius 2 is 2.00 bits per heavy atom. The SMILES string of the molecule is Cc1cc(Nc2nn(CC3CC3)c3cc[nH]c(=O)c23)ccc1C(=O)N1CCC(F)(F)CC1. The minimum absolute atomic E-state index is 0.0540. The second kappa shape index (κ2) is 7.72. The molecule has 2 aromatic heterocycles. The van der Waals surface area contributed by atoms with Gasteiger partial charge in [0.15, 0.2) is 5.82 Å². The van der Waals surface area contributed by atoms with Crippen LogP contribution in [0.3, 0.4) is 0 Å². The molecule has 0 bridgehead atoms. The van der Waals surface area contributed by atoms with E-state index >= 15 is 0 Å². The number of aryl methyl sites for hydroxylation is 1. The average molecular weight is 441 g/mol. The van der Waals surface area contributed by atoms with Gasteiger partial charge in [0.25, 0.3) is 17.4 Å². The molecule has 0 radical (unpaired) electrons. The minimum atomic E-state index is -2.69. The minimum Gasteiger partial charge on any atom is -0.338 e. The highest BCUT2D eigenvalue weighted by Crippen LogP contribution is 2.33. The molecule has 9 heteroatoms. The Hall–Kier alpha value is -3.23. The highest BCUT2D eigenvalue weighted by molar-refractivity contribution is 5.96. The first-order chi connectivity index (χ1) is 15.3. The van der Waals surface area contributed by atoms with Crippen molar-refractivity contribution in [1.82, 2.24) is 19.7 Å². The molecule has 5 rings (SSSR count). The van der Waals surface area contributed by atoms with Gasteiger partial charge in [-0.25, -0.2) is 8.78 Å². The summed E-state index contributed by atoms with van der Waals surface area (Å²) in [5.74, 6) is -1.85. The van der Waals surface area contributed by atoms with Crippen molar-refractivity contribution in [2.24, 2.45) is 5.92 Å². The van der Waals surface area contributed by atoms with E-state index < -0.39 is 5.92 Å². The maximum Gasteiger partial charge on any atom is 0.261 e. The lowest BCUT2D eigenvalue weighted by Gasteiger charge is -2.32. The third-order valence-electron chi connectivity index (χ3n) is 6.30. The highest BCUT2D eigenvalue weighted by atomic mass is 19.3. The molecule has 2 fully saturated rings. The number of rotatable bonds is 5. The quantitative estimate of drug-likeness (QED) is 0.626. The number of pyridine rings is 1. The number of piperidine rings is 1. The lowest BCUT2D eigenvalue weighted by Crippen LogP contribution is -2.42. The number of benzene rings is 1. The molecule has 0 unspecified atom stereocenters. The fourth-order valence-corrected chi connectivity index (χ4v) is 4.23. The van der Waals surface area contributed by atoms with Gasteiger partial charge in [-0.15, -0.1) is 0 Å². The Morgan fingerprint density at radius 1 is 1.25 bits per heavy atom. The summed E-state index contributed by atoms with van der Waals surface area (Å²) in [7, 11) is 0. The Balaban J connectivity index is 1.39. The summed E-state index contributed by atoms with van der Waals surface area (Å²) < 4.78 is 28.7. The molecule has 7 nitrogen and oxygen atoms in total. The highest BCUT2D eigenvalue weighted by Gasteiger charge is 2.36. The van der Waals surface area contributed by atoms with Gasteiger partial charge in [0.2, 0.25) is 0 Å². The summed E-state index contributed by atoms with van der Waals surface area (Å²) >= 11 is 0. The molecule has 1 amide bonds. The van der Waals surface area contributed by atoms with E-state index in [0.29, 0.717) is 28.4 Å². The van der Waals surface area contributed by atoms with Crippen molar-refractivity contribution in [3.05, 3.63) is 51.9 Å². The maximum absolute atomic E-state index is 13.4. The topological polar surface area (TPSA) is 83.0 Å². The normalized spacial score (nSPS) is 18.2.